The lowest BCUT2D eigenvalue weighted by molar-refractivity contribution is 0.274. The molecule has 2 atom stereocenters. The number of allylic oxidation sites excluding steroid dienone is 11. The maximum Gasteiger partial charge on any atom is 0.111 e. The lowest BCUT2D eigenvalue weighted by Crippen LogP contribution is -2.36. The van der Waals surface area contributed by atoms with Gasteiger partial charge in [-0.3, -0.25) is 0 Å². The molecule has 2 N–H and O–H groups in total. The Kier molecular flexibility index (Phi) is 5.23. The molecule has 0 radical (unpaired) electrons. The van der Waals surface area contributed by atoms with Crippen molar-refractivity contribution >= 4 is 22.6 Å². The van der Waals surface area contributed by atoms with Gasteiger partial charge in [0.15, 0.2) is 0 Å². The lowest BCUT2D eigenvalue weighted by atomic mass is 9.72. The number of hydrogen-bond acceptors (Lipinski definition) is 3. The average molecular weight is 438 g/mol. The van der Waals surface area contributed by atoms with Crippen LogP contribution in [0.3, 0.4) is 0 Å². The Morgan fingerprint density at radius 3 is 2.25 bits per heavy atom. The Morgan fingerprint density at radius 2 is 1.75 bits per heavy atom. The van der Waals surface area contributed by atoms with E-state index in [1.165, 1.54) is 11.1 Å². The number of rotatable bonds is 4. The van der Waals surface area contributed by atoms with Crippen molar-refractivity contribution in [2.75, 3.05) is 7.11 Å². The number of hydrogen-bond donors (Lipinski definition) is 2. The largest absolute Gasteiger partial charge is 0.512 e. The van der Waals surface area contributed by atoms with Crippen molar-refractivity contribution < 1.29 is 14.9 Å². The second kappa shape index (κ2) is 7.21. The first kappa shape index (κ1) is 17.4. The smallest absolute Gasteiger partial charge is 0.111 e. The molecule has 0 aromatic heterocycles. The van der Waals surface area contributed by atoms with E-state index in [0.717, 1.165) is 31.4 Å². The second-order valence-corrected chi connectivity index (χ2v) is 8.12. The zero-order chi connectivity index (χ0) is 17.2. The second-order valence-electron chi connectivity index (χ2n) is 6.42. The molecule has 4 heteroatoms. The van der Waals surface area contributed by atoms with E-state index < -0.39 is 0 Å². The van der Waals surface area contributed by atoms with Crippen molar-refractivity contribution in [1.29, 1.82) is 0 Å². The van der Waals surface area contributed by atoms with E-state index in [-0.39, 0.29) is 9.34 Å². The van der Waals surface area contributed by atoms with E-state index in [1.807, 2.05) is 12.2 Å². The van der Waals surface area contributed by atoms with Crippen LogP contribution in [0, 0.1) is 5.92 Å². The number of ether oxygens (including phenoxy) is 1. The molecule has 3 aliphatic carbocycles. The fourth-order valence-electron chi connectivity index (χ4n) is 3.61. The quantitative estimate of drug-likeness (QED) is 0.445. The van der Waals surface area contributed by atoms with Gasteiger partial charge < -0.3 is 14.9 Å². The summed E-state index contributed by atoms with van der Waals surface area (Å²) in [6.07, 6.45) is 18.3. The molecule has 3 aliphatic rings. The topological polar surface area (TPSA) is 49.7 Å². The van der Waals surface area contributed by atoms with E-state index in [0.29, 0.717) is 17.9 Å². The molecule has 3 nitrogen and oxygen atoms in total. The molecule has 0 saturated carbocycles. The molecular formula is C20H23IO3. The van der Waals surface area contributed by atoms with Crippen LogP contribution in [0.1, 0.15) is 32.1 Å². The molecule has 0 fully saturated rings. The highest BCUT2D eigenvalue weighted by atomic mass is 127. The first-order valence-corrected chi connectivity index (χ1v) is 9.41. The Bertz CT molecular complexity index is 694. The fraction of sp³-hybridized carbons (Fsp3) is 0.400. The molecule has 3 rings (SSSR count). The SMILES string of the molecule is COC1=CC=C(C(I)(C2=CC=C(O)CC2)C2C=CC(O)=CC2)CC1. The van der Waals surface area contributed by atoms with Crippen molar-refractivity contribution in [1.82, 2.24) is 0 Å². The summed E-state index contributed by atoms with van der Waals surface area (Å²) in [7, 11) is 1.72. The maximum atomic E-state index is 9.73. The van der Waals surface area contributed by atoms with E-state index >= 15 is 0 Å². The number of aliphatic hydroxyl groups excluding tert-OH is 2. The summed E-state index contributed by atoms with van der Waals surface area (Å²) in [5.74, 6) is 2.11. The molecule has 0 aromatic carbocycles. The highest BCUT2D eigenvalue weighted by Crippen LogP contribution is 2.50. The summed E-state index contributed by atoms with van der Waals surface area (Å²) in [4.78, 5) is 0. The highest BCUT2D eigenvalue weighted by molar-refractivity contribution is 14.1. The molecule has 24 heavy (non-hydrogen) atoms. The summed E-state index contributed by atoms with van der Waals surface area (Å²) in [5.41, 5.74) is 2.72. The van der Waals surface area contributed by atoms with Gasteiger partial charge in [0.2, 0.25) is 0 Å². The van der Waals surface area contributed by atoms with Crippen LogP contribution in [-0.2, 0) is 4.74 Å². The fourth-order valence-corrected chi connectivity index (χ4v) is 4.97. The van der Waals surface area contributed by atoms with Crippen LogP contribution in [0.15, 0.2) is 71.0 Å². The molecule has 128 valence electrons. The predicted octanol–water partition coefficient (Wildman–Crippen LogP) is 5.59. The Hall–Kier alpha value is -1.43. The summed E-state index contributed by atoms with van der Waals surface area (Å²) in [5, 5.41) is 19.4. The monoisotopic (exact) mass is 438 g/mol. The molecule has 0 aromatic rings. The van der Waals surface area contributed by atoms with Gasteiger partial charge in [0.25, 0.3) is 0 Å². The molecule has 0 aliphatic heterocycles. The maximum absolute atomic E-state index is 9.73. The highest BCUT2D eigenvalue weighted by Gasteiger charge is 2.42. The van der Waals surface area contributed by atoms with Gasteiger partial charge >= 0.3 is 0 Å². The normalized spacial score (nSPS) is 26.4. The Balaban J connectivity index is 2.00. The first-order chi connectivity index (χ1) is 11.5. The molecule has 0 bridgehead atoms. The first-order valence-electron chi connectivity index (χ1n) is 8.33. The van der Waals surface area contributed by atoms with Crippen LogP contribution in [-0.4, -0.2) is 20.7 Å². The third-order valence-electron chi connectivity index (χ3n) is 5.03. The van der Waals surface area contributed by atoms with Gasteiger partial charge in [0, 0.05) is 18.8 Å². The number of aliphatic hydroxyl groups is 2. The van der Waals surface area contributed by atoms with E-state index in [4.69, 9.17) is 4.74 Å². The predicted molar refractivity (Wildman–Crippen MR) is 105 cm³/mol. The third kappa shape index (κ3) is 3.34. The lowest BCUT2D eigenvalue weighted by Gasteiger charge is -2.41. The van der Waals surface area contributed by atoms with Crippen LogP contribution in [0.4, 0.5) is 0 Å². The molecule has 0 saturated heterocycles. The van der Waals surface area contributed by atoms with Gasteiger partial charge in [-0.2, -0.15) is 0 Å². The molecule has 0 heterocycles. The van der Waals surface area contributed by atoms with Crippen LogP contribution in [0.2, 0.25) is 0 Å². The third-order valence-corrected chi connectivity index (χ3v) is 7.21. The van der Waals surface area contributed by atoms with Gasteiger partial charge in [-0.1, -0.05) is 40.8 Å². The van der Waals surface area contributed by atoms with Gasteiger partial charge in [-0.25, -0.2) is 0 Å². The summed E-state index contributed by atoms with van der Waals surface area (Å²) in [6.45, 7) is 0. The minimum absolute atomic E-state index is 0.140. The van der Waals surface area contributed by atoms with Crippen molar-refractivity contribution in [2.24, 2.45) is 5.92 Å². The minimum atomic E-state index is -0.140. The zero-order valence-corrected chi connectivity index (χ0v) is 16.0. The Labute approximate surface area is 156 Å². The van der Waals surface area contributed by atoms with Gasteiger partial charge in [-0.15, -0.1) is 0 Å². The van der Waals surface area contributed by atoms with E-state index in [9.17, 15) is 10.2 Å². The van der Waals surface area contributed by atoms with Crippen molar-refractivity contribution in [2.45, 2.75) is 35.5 Å². The zero-order valence-electron chi connectivity index (χ0n) is 13.8. The number of methoxy groups -OCH3 is 1. The summed E-state index contributed by atoms with van der Waals surface area (Å²) in [6, 6.07) is 0. The average Bonchev–Trinajstić information content (AvgIpc) is 2.62. The molecule has 0 spiro atoms. The van der Waals surface area contributed by atoms with E-state index in [2.05, 4.69) is 46.9 Å². The van der Waals surface area contributed by atoms with Gasteiger partial charge in [0.05, 0.1) is 22.0 Å². The van der Waals surface area contributed by atoms with Crippen LogP contribution < -0.4 is 0 Å². The standard InChI is InChI=1S/C20H23IO3/c1-24-19-12-6-16(7-13-19)20(21,14-2-8-17(22)9-3-14)15-4-10-18(23)11-5-15/h2,4,6,8-10,12,14,22-23H,3,5,7,11,13H2,1H3. The van der Waals surface area contributed by atoms with Gasteiger partial charge in [-0.05, 0) is 54.7 Å². The van der Waals surface area contributed by atoms with Crippen molar-refractivity contribution in [3.63, 3.8) is 0 Å². The summed E-state index contributed by atoms with van der Waals surface area (Å²) < 4.78 is 5.23. The van der Waals surface area contributed by atoms with Crippen LogP contribution in [0.5, 0.6) is 0 Å². The summed E-state index contributed by atoms with van der Waals surface area (Å²) >= 11 is 2.59. The van der Waals surface area contributed by atoms with Crippen LogP contribution in [0.25, 0.3) is 0 Å². The minimum Gasteiger partial charge on any atom is -0.512 e. The van der Waals surface area contributed by atoms with Gasteiger partial charge in [0.1, 0.15) is 5.76 Å². The molecular weight excluding hydrogens is 415 g/mol. The van der Waals surface area contributed by atoms with Crippen molar-refractivity contribution in [3.05, 3.63) is 71.0 Å². The number of alkyl halides is 1. The van der Waals surface area contributed by atoms with Crippen LogP contribution >= 0.6 is 22.6 Å². The molecule has 0 amide bonds. The number of halogens is 1. The Morgan fingerprint density at radius 1 is 1.04 bits per heavy atom. The van der Waals surface area contributed by atoms with E-state index in [1.54, 1.807) is 13.2 Å². The molecule has 2 unspecified atom stereocenters. The van der Waals surface area contributed by atoms with Crippen molar-refractivity contribution in [3.8, 4) is 0 Å².